The van der Waals surface area contributed by atoms with E-state index in [4.69, 9.17) is 5.73 Å². The van der Waals surface area contributed by atoms with Gasteiger partial charge in [0.05, 0.1) is 11.9 Å². The van der Waals surface area contributed by atoms with E-state index in [1.165, 1.54) is 6.20 Å². The number of alkyl halides is 3. The number of piperidine rings is 1. The third kappa shape index (κ3) is 3.51. The number of halogens is 4. The molecule has 2 N–H and O–H groups in total. The molecule has 0 amide bonds. The van der Waals surface area contributed by atoms with E-state index in [2.05, 4.69) is 21.0 Å². The number of hydrogen-bond acceptors (Lipinski definition) is 4. The lowest BCUT2D eigenvalue weighted by Gasteiger charge is -2.32. The highest BCUT2D eigenvalue weighted by Crippen LogP contribution is 2.25. The maximum Gasteiger partial charge on any atom is 0.408 e. The quantitative estimate of drug-likeness (QED) is 0.873. The third-order valence-corrected chi connectivity index (χ3v) is 3.84. The summed E-state index contributed by atoms with van der Waals surface area (Å²) in [5.41, 5.74) is 5.55. The van der Waals surface area contributed by atoms with Gasteiger partial charge in [-0.15, -0.1) is 0 Å². The van der Waals surface area contributed by atoms with Crippen LogP contribution in [0.3, 0.4) is 0 Å². The maximum absolute atomic E-state index is 12.3. The molecule has 0 radical (unpaired) electrons. The van der Waals surface area contributed by atoms with Crippen molar-refractivity contribution in [1.29, 1.82) is 0 Å². The van der Waals surface area contributed by atoms with Gasteiger partial charge in [0.2, 0.25) is 0 Å². The van der Waals surface area contributed by atoms with Crippen molar-refractivity contribution in [2.75, 3.05) is 18.0 Å². The van der Waals surface area contributed by atoms with Gasteiger partial charge >= 0.3 is 6.18 Å². The minimum Gasteiger partial charge on any atom is -0.368 e. The summed E-state index contributed by atoms with van der Waals surface area (Å²) in [7, 11) is 0. The van der Waals surface area contributed by atoms with Crippen LogP contribution in [0, 0.1) is 0 Å². The number of nitrogens with zero attached hydrogens (tertiary/aromatic N) is 3. The first-order chi connectivity index (χ1) is 9.28. The van der Waals surface area contributed by atoms with E-state index in [1.54, 1.807) is 0 Å². The normalized spacial score (nSPS) is 20.2. The average molecular weight is 355 g/mol. The molecule has 1 atom stereocenters. The molecule has 1 aliphatic heterocycles. The second-order valence-corrected chi connectivity index (χ2v) is 5.56. The van der Waals surface area contributed by atoms with Crippen molar-refractivity contribution in [3.8, 4) is 0 Å². The van der Waals surface area contributed by atoms with E-state index >= 15 is 0 Å². The van der Waals surface area contributed by atoms with Crippen LogP contribution in [0.15, 0.2) is 15.5 Å². The van der Waals surface area contributed by atoms with Gasteiger partial charge in [0.15, 0.2) is 0 Å². The number of nitrogens with two attached hydrogens (primary N) is 1. The SMILES string of the molecule is NC1CCCN(c2cnn(CC(F)(F)F)c(=O)c2Br)C1. The van der Waals surface area contributed by atoms with Gasteiger partial charge in [0.1, 0.15) is 11.0 Å². The van der Waals surface area contributed by atoms with Gasteiger partial charge in [-0.2, -0.15) is 18.3 Å². The fourth-order valence-electron chi connectivity index (χ4n) is 2.19. The molecule has 112 valence electrons. The van der Waals surface area contributed by atoms with Crippen LogP contribution >= 0.6 is 15.9 Å². The van der Waals surface area contributed by atoms with Crippen molar-refractivity contribution in [3.63, 3.8) is 0 Å². The molecule has 1 aliphatic rings. The van der Waals surface area contributed by atoms with Crippen LogP contribution in [0.2, 0.25) is 0 Å². The predicted octanol–water partition coefficient (Wildman–Crippen LogP) is 1.50. The number of aromatic nitrogens is 2. The Morgan fingerprint density at radius 2 is 2.20 bits per heavy atom. The summed E-state index contributed by atoms with van der Waals surface area (Å²) in [6.45, 7) is -0.135. The highest BCUT2D eigenvalue weighted by atomic mass is 79.9. The molecule has 0 spiro atoms. The first kappa shape index (κ1) is 15.3. The smallest absolute Gasteiger partial charge is 0.368 e. The molecule has 9 heteroatoms. The molecule has 2 heterocycles. The molecule has 20 heavy (non-hydrogen) atoms. The fraction of sp³-hybridized carbons (Fsp3) is 0.636. The summed E-state index contributed by atoms with van der Waals surface area (Å²) in [6.07, 6.45) is -1.44. The van der Waals surface area contributed by atoms with Crippen molar-refractivity contribution in [2.45, 2.75) is 31.6 Å². The van der Waals surface area contributed by atoms with Gasteiger partial charge in [-0.25, -0.2) is 4.68 Å². The Morgan fingerprint density at radius 3 is 2.80 bits per heavy atom. The van der Waals surface area contributed by atoms with Crippen molar-refractivity contribution in [1.82, 2.24) is 9.78 Å². The van der Waals surface area contributed by atoms with E-state index in [0.29, 0.717) is 23.5 Å². The predicted molar refractivity (Wildman–Crippen MR) is 71.7 cm³/mol. The monoisotopic (exact) mass is 354 g/mol. The Balaban J connectivity index is 2.29. The van der Waals surface area contributed by atoms with Crippen molar-refractivity contribution in [3.05, 3.63) is 21.0 Å². The molecule has 2 rings (SSSR count). The topological polar surface area (TPSA) is 64.2 Å². The van der Waals surface area contributed by atoms with Gasteiger partial charge in [-0.1, -0.05) is 0 Å². The summed E-state index contributed by atoms with van der Waals surface area (Å²) >= 11 is 3.07. The van der Waals surface area contributed by atoms with Crippen LogP contribution < -0.4 is 16.2 Å². The Labute approximate surface area is 121 Å². The van der Waals surface area contributed by atoms with Crippen LogP contribution in [0.4, 0.5) is 18.9 Å². The lowest BCUT2D eigenvalue weighted by atomic mass is 10.1. The molecule has 1 aromatic heterocycles. The lowest BCUT2D eigenvalue weighted by molar-refractivity contribution is -0.143. The van der Waals surface area contributed by atoms with E-state index in [0.717, 1.165) is 12.8 Å². The largest absolute Gasteiger partial charge is 0.408 e. The molecule has 0 aromatic carbocycles. The Hall–Kier alpha value is -1.09. The van der Waals surface area contributed by atoms with Crippen LogP contribution in [0.5, 0.6) is 0 Å². The zero-order chi connectivity index (χ0) is 14.9. The molecule has 0 aliphatic carbocycles. The van der Waals surface area contributed by atoms with Crippen molar-refractivity contribution in [2.24, 2.45) is 5.73 Å². The van der Waals surface area contributed by atoms with E-state index in [-0.39, 0.29) is 10.5 Å². The maximum atomic E-state index is 12.3. The standard InChI is InChI=1S/C11H14BrF3N4O/c12-9-8(18-3-1-2-7(16)5-18)4-17-19(10(9)20)6-11(13,14)15/h4,7H,1-3,5-6,16H2. The molecule has 1 fully saturated rings. The van der Waals surface area contributed by atoms with Crippen molar-refractivity contribution >= 4 is 21.6 Å². The van der Waals surface area contributed by atoms with Gasteiger partial charge in [-0.3, -0.25) is 4.79 Å². The van der Waals surface area contributed by atoms with Gasteiger partial charge < -0.3 is 10.6 Å². The van der Waals surface area contributed by atoms with Crippen LogP contribution in [-0.2, 0) is 6.54 Å². The van der Waals surface area contributed by atoms with E-state index in [1.807, 2.05) is 4.90 Å². The molecule has 1 unspecified atom stereocenters. The van der Waals surface area contributed by atoms with E-state index in [9.17, 15) is 18.0 Å². The zero-order valence-corrected chi connectivity index (χ0v) is 12.1. The Morgan fingerprint density at radius 1 is 1.50 bits per heavy atom. The summed E-state index contributed by atoms with van der Waals surface area (Å²) < 4.78 is 37.4. The number of anilines is 1. The molecule has 0 bridgehead atoms. The van der Waals surface area contributed by atoms with Gasteiger partial charge in [0, 0.05) is 19.1 Å². The summed E-state index contributed by atoms with van der Waals surface area (Å²) in [5, 5.41) is 3.60. The number of rotatable bonds is 2. The first-order valence-corrected chi connectivity index (χ1v) is 6.90. The second kappa shape index (κ2) is 5.72. The highest BCUT2D eigenvalue weighted by Gasteiger charge is 2.30. The molecule has 1 aromatic rings. The number of hydrogen-bond donors (Lipinski definition) is 1. The minimum absolute atomic E-state index is 0.00624. The highest BCUT2D eigenvalue weighted by molar-refractivity contribution is 9.10. The Kier molecular flexibility index (Phi) is 4.38. The molecular weight excluding hydrogens is 341 g/mol. The Bertz CT molecular complexity index is 545. The van der Waals surface area contributed by atoms with Crippen LogP contribution in [0.1, 0.15) is 12.8 Å². The molecule has 5 nitrogen and oxygen atoms in total. The average Bonchev–Trinajstić information content (AvgIpc) is 2.34. The van der Waals surface area contributed by atoms with Crippen LogP contribution in [-0.4, -0.2) is 35.1 Å². The zero-order valence-electron chi connectivity index (χ0n) is 10.5. The second-order valence-electron chi connectivity index (χ2n) is 4.77. The van der Waals surface area contributed by atoms with E-state index < -0.39 is 18.3 Å². The summed E-state index contributed by atoms with van der Waals surface area (Å²) in [5.74, 6) is 0. The first-order valence-electron chi connectivity index (χ1n) is 6.11. The van der Waals surface area contributed by atoms with Crippen LogP contribution in [0.25, 0.3) is 0 Å². The van der Waals surface area contributed by atoms with Crippen molar-refractivity contribution < 1.29 is 13.2 Å². The molecular formula is C11H14BrF3N4O. The van der Waals surface area contributed by atoms with Gasteiger partial charge in [-0.05, 0) is 28.8 Å². The third-order valence-electron chi connectivity index (χ3n) is 3.09. The lowest BCUT2D eigenvalue weighted by Crippen LogP contribution is -2.44. The molecule has 0 saturated carbocycles. The molecule has 1 saturated heterocycles. The summed E-state index contributed by atoms with van der Waals surface area (Å²) in [6, 6.07) is -0.00624. The van der Waals surface area contributed by atoms with Gasteiger partial charge in [0.25, 0.3) is 5.56 Å². The minimum atomic E-state index is -4.48. The fourth-order valence-corrected chi connectivity index (χ4v) is 2.75. The summed E-state index contributed by atoms with van der Waals surface area (Å²) in [4.78, 5) is 13.8.